The van der Waals surface area contributed by atoms with Gasteiger partial charge in [0, 0.05) is 32.6 Å². The Hall–Kier alpha value is -2.49. The summed E-state index contributed by atoms with van der Waals surface area (Å²) >= 11 is 1.59. The number of likely N-dealkylation sites (tertiary alicyclic amines) is 2. The fourth-order valence-corrected chi connectivity index (χ4v) is 6.27. The van der Waals surface area contributed by atoms with Gasteiger partial charge < -0.3 is 68.8 Å². The lowest BCUT2D eigenvalue weighted by atomic mass is 9.75. The third-order valence-corrected chi connectivity index (χ3v) is 8.96. The van der Waals surface area contributed by atoms with Crippen LogP contribution in [0.15, 0.2) is 0 Å². The van der Waals surface area contributed by atoms with Gasteiger partial charge in [-0.1, -0.05) is 12.8 Å². The van der Waals surface area contributed by atoms with Gasteiger partial charge in [0.15, 0.2) is 0 Å². The number of carbonyl (C=O) groups is 5. The smallest absolute Gasteiger partial charge is 0.451 e. The molecule has 16 N–H and O–H groups in total. The van der Waals surface area contributed by atoms with E-state index in [1.165, 1.54) is 9.80 Å². The minimum atomic E-state index is -1.62. The number of carboxylic acid groups (broad SMARTS) is 2. The highest BCUT2D eigenvalue weighted by atomic mass is 32.2. The van der Waals surface area contributed by atoms with Gasteiger partial charge in [-0.05, 0) is 62.2 Å². The van der Waals surface area contributed by atoms with Crippen LogP contribution in [0.3, 0.4) is 0 Å². The normalized spacial score (nSPS) is 25.6. The average Bonchev–Trinajstić information content (AvgIpc) is 2.99. The van der Waals surface area contributed by atoms with Gasteiger partial charge in [0.25, 0.3) is 0 Å². The van der Waals surface area contributed by atoms with Crippen molar-refractivity contribution in [1.29, 1.82) is 0 Å². The summed E-state index contributed by atoms with van der Waals surface area (Å²) in [5.74, 6) is -3.54. The van der Waals surface area contributed by atoms with Crippen LogP contribution in [0.1, 0.15) is 44.9 Å². The zero-order chi connectivity index (χ0) is 36.1. The third-order valence-electron chi connectivity index (χ3n) is 8.32. The van der Waals surface area contributed by atoms with Gasteiger partial charge in [-0.15, -0.1) is 0 Å². The molecular weight excluding hydrogens is 640 g/mol. The zero-order valence-corrected chi connectivity index (χ0v) is 27.6. The van der Waals surface area contributed by atoms with Crippen LogP contribution in [0.2, 0.25) is 12.6 Å². The predicted molar refractivity (Wildman–Crippen MR) is 175 cm³/mol. The summed E-state index contributed by atoms with van der Waals surface area (Å²) in [6.07, 6.45) is 3.62. The van der Waals surface area contributed by atoms with Crippen LogP contribution >= 0.6 is 11.8 Å². The zero-order valence-electron chi connectivity index (χ0n) is 26.8. The maximum atomic E-state index is 12.4. The second kappa shape index (κ2) is 19.5. The number of hydrogen-bond acceptors (Lipinski definition) is 14. The summed E-state index contributed by atoms with van der Waals surface area (Å²) in [7, 11) is -2.96. The molecule has 0 saturated carbocycles. The standard InChI is InChI=1S/C13H25BN4O6.C13H26BN3O5S/c15-9(1-2-10(16)19)11(20)18-6-8(3-4-14(23)24)5-13(17,7-18)12(21)22;1-23-5-3-10(15)11(18)17-7-9(2-4-14(21)22)6-13(16,8-17)12(19)20/h8-9,23-24H,1-7,15,17H2,(H2,16,19)(H,21,22);9-10,21-22H,2-8,15-16H2,1H3,(H,19,20)/t8-,9-,13+;9-,10-,13+/m00/s1. The van der Waals surface area contributed by atoms with E-state index >= 15 is 0 Å². The molecule has 0 spiro atoms. The van der Waals surface area contributed by atoms with E-state index in [-0.39, 0.29) is 75.7 Å². The van der Waals surface area contributed by atoms with Gasteiger partial charge in [-0.25, -0.2) is 0 Å². The Morgan fingerprint density at radius 3 is 1.49 bits per heavy atom. The number of thioether (sulfide) groups is 1. The van der Waals surface area contributed by atoms with Crippen LogP contribution < -0.4 is 28.7 Å². The molecule has 6 atom stereocenters. The summed E-state index contributed by atoms with van der Waals surface area (Å²) < 4.78 is 0. The van der Waals surface area contributed by atoms with Crippen molar-refractivity contribution in [3.8, 4) is 0 Å². The molecule has 2 aliphatic rings. The molecular formula is C26H51B2N7O11S. The maximum absolute atomic E-state index is 12.4. The van der Waals surface area contributed by atoms with E-state index in [9.17, 15) is 34.2 Å². The first-order valence-electron chi connectivity index (χ1n) is 15.4. The van der Waals surface area contributed by atoms with Crippen molar-refractivity contribution >= 4 is 55.7 Å². The van der Waals surface area contributed by atoms with Crippen molar-refractivity contribution < 1.29 is 54.3 Å². The van der Waals surface area contributed by atoms with Gasteiger partial charge in [-0.3, -0.25) is 24.0 Å². The highest BCUT2D eigenvalue weighted by molar-refractivity contribution is 7.98. The number of hydrogen-bond donors (Lipinski definition) is 11. The Bertz CT molecular complexity index is 1080. The lowest BCUT2D eigenvalue weighted by Gasteiger charge is -2.42. The van der Waals surface area contributed by atoms with Gasteiger partial charge in [0.1, 0.15) is 11.1 Å². The molecule has 0 aromatic rings. The third kappa shape index (κ3) is 14.3. The Balaban J connectivity index is 0.000000470. The molecule has 3 amide bonds. The van der Waals surface area contributed by atoms with E-state index in [0.717, 1.165) is 5.75 Å². The van der Waals surface area contributed by atoms with Gasteiger partial charge in [0.2, 0.25) is 17.7 Å². The molecule has 2 aliphatic heterocycles. The van der Waals surface area contributed by atoms with Crippen LogP contribution in [-0.2, 0) is 24.0 Å². The summed E-state index contributed by atoms with van der Waals surface area (Å²) in [6, 6.07) is -1.65. The highest BCUT2D eigenvalue weighted by Crippen LogP contribution is 2.29. The van der Waals surface area contributed by atoms with Gasteiger partial charge in [0.05, 0.1) is 12.1 Å². The van der Waals surface area contributed by atoms with Gasteiger partial charge in [-0.2, -0.15) is 11.8 Å². The fraction of sp³-hybridized carbons (Fsp3) is 0.808. The fourth-order valence-electron chi connectivity index (χ4n) is 5.78. The molecule has 268 valence electrons. The SMILES string of the molecule is CSCC[C@H](N)C(=O)N1C[C@@H](CCB(O)O)C[C@](N)(C(=O)O)C1.NC(=O)CC[C@H](N)C(=O)N1C[C@@H](CCB(O)O)C[C@](N)(C(=O)O)C1. The average molecular weight is 691 g/mol. The lowest BCUT2D eigenvalue weighted by molar-refractivity contribution is -0.151. The Labute approximate surface area is 279 Å². The molecule has 18 nitrogen and oxygen atoms in total. The first kappa shape index (κ1) is 42.5. The van der Waals surface area contributed by atoms with Crippen LogP contribution in [0.4, 0.5) is 0 Å². The Morgan fingerprint density at radius 2 is 1.17 bits per heavy atom. The molecule has 47 heavy (non-hydrogen) atoms. The highest BCUT2D eigenvalue weighted by Gasteiger charge is 2.46. The number of nitrogens with zero attached hydrogens (tertiary/aromatic N) is 2. The predicted octanol–water partition coefficient (Wildman–Crippen LogP) is -4.37. The quantitative estimate of drug-likeness (QED) is 0.0681. The topological polar surface area (TPSA) is 343 Å². The number of aliphatic carboxylic acids is 2. The minimum Gasteiger partial charge on any atom is -0.480 e. The molecule has 2 heterocycles. The molecule has 2 rings (SSSR count). The monoisotopic (exact) mass is 691 g/mol. The molecule has 0 aromatic heterocycles. The molecule has 21 heteroatoms. The number of rotatable bonds is 16. The number of carboxylic acids is 2. The van der Waals surface area contributed by atoms with Crippen molar-refractivity contribution in [3.05, 3.63) is 0 Å². The second-order valence-electron chi connectivity index (χ2n) is 12.6. The number of carbonyl (C=O) groups excluding carboxylic acids is 3. The molecule has 0 bridgehead atoms. The maximum Gasteiger partial charge on any atom is 0.451 e. The number of primary amides is 1. The van der Waals surface area contributed by atoms with Gasteiger partial charge >= 0.3 is 26.2 Å². The molecule has 0 aliphatic carbocycles. The molecule has 0 unspecified atom stereocenters. The Kier molecular flexibility index (Phi) is 17.6. The number of piperidine rings is 2. The van der Waals surface area contributed by atoms with E-state index in [4.69, 9.17) is 48.8 Å². The second-order valence-corrected chi connectivity index (χ2v) is 13.6. The van der Waals surface area contributed by atoms with E-state index in [1.54, 1.807) is 11.8 Å². The van der Waals surface area contributed by atoms with Crippen molar-refractivity contribution in [2.24, 2.45) is 40.5 Å². The number of nitrogens with two attached hydrogens (primary N) is 5. The minimum absolute atomic E-state index is 0.0480. The van der Waals surface area contributed by atoms with Crippen LogP contribution in [0, 0.1) is 11.8 Å². The molecule has 0 aromatic carbocycles. The van der Waals surface area contributed by atoms with Crippen LogP contribution in [-0.4, -0.2) is 145 Å². The first-order valence-corrected chi connectivity index (χ1v) is 16.8. The largest absolute Gasteiger partial charge is 0.480 e. The van der Waals surface area contributed by atoms with E-state index in [2.05, 4.69) is 0 Å². The summed E-state index contributed by atoms with van der Waals surface area (Å²) in [6.45, 7) is 0.294. The lowest BCUT2D eigenvalue weighted by Crippen LogP contribution is -2.64. The summed E-state index contributed by atoms with van der Waals surface area (Å²) in [5, 5.41) is 54.6. The number of amides is 3. The van der Waals surface area contributed by atoms with Crippen molar-refractivity contribution in [2.45, 2.75) is 80.7 Å². The van der Waals surface area contributed by atoms with E-state index in [0.29, 0.717) is 25.8 Å². The first-order chi connectivity index (χ1) is 21.7. The molecule has 2 saturated heterocycles. The summed E-state index contributed by atoms with van der Waals surface area (Å²) in [4.78, 5) is 61.3. The molecule has 2 fully saturated rings. The van der Waals surface area contributed by atoms with E-state index in [1.807, 2.05) is 6.26 Å². The van der Waals surface area contributed by atoms with Crippen LogP contribution in [0.5, 0.6) is 0 Å². The Morgan fingerprint density at radius 1 is 0.787 bits per heavy atom. The van der Waals surface area contributed by atoms with Crippen molar-refractivity contribution in [2.75, 3.05) is 38.2 Å². The molecule has 0 radical (unpaired) electrons. The van der Waals surface area contributed by atoms with Crippen molar-refractivity contribution in [1.82, 2.24) is 9.80 Å². The van der Waals surface area contributed by atoms with Crippen molar-refractivity contribution in [3.63, 3.8) is 0 Å². The summed E-state index contributed by atoms with van der Waals surface area (Å²) in [5.41, 5.74) is 25.4. The van der Waals surface area contributed by atoms with Crippen LogP contribution in [0.25, 0.3) is 0 Å². The van der Waals surface area contributed by atoms with E-state index < -0.39 is 61.2 Å².